The third kappa shape index (κ3) is 10.2. The van der Waals surface area contributed by atoms with Crippen LogP contribution < -0.4 is 10.0 Å². The number of fused-ring (bicyclic) bond motifs is 1. The summed E-state index contributed by atoms with van der Waals surface area (Å²) in [6, 6.07) is 14.7. The molecule has 36 heavy (non-hydrogen) atoms. The van der Waals surface area contributed by atoms with Crippen molar-refractivity contribution >= 4 is 28.7 Å². The predicted molar refractivity (Wildman–Crippen MR) is 134 cm³/mol. The van der Waals surface area contributed by atoms with E-state index in [4.69, 9.17) is 14.6 Å². The van der Waals surface area contributed by atoms with Crippen molar-refractivity contribution in [1.29, 1.82) is 0 Å². The highest BCUT2D eigenvalue weighted by Gasteiger charge is 2.28. The van der Waals surface area contributed by atoms with Gasteiger partial charge in [-0.25, -0.2) is 4.79 Å². The lowest BCUT2D eigenvalue weighted by Gasteiger charge is -2.21. The molecule has 1 saturated heterocycles. The van der Waals surface area contributed by atoms with Crippen LogP contribution in [0.25, 0.3) is 10.8 Å². The molecule has 0 aromatic heterocycles. The van der Waals surface area contributed by atoms with E-state index in [1.807, 2.05) is 0 Å². The molecular weight excluding hydrogens is 462 g/mol. The Bertz CT molecular complexity index is 989. The van der Waals surface area contributed by atoms with Gasteiger partial charge in [0, 0.05) is 12.7 Å². The number of ether oxygens (including phenoxy) is 2. The van der Waals surface area contributed by atoms with E-state index in [1.54, 1.807) is 0 Å². The Morgan fingerprint density at radius 1 is 1.14 bits per heavy atom. The number of esters is 1. The van der Waals surface area contributed by atoms with E-state index in [0.717, 1.165) is 45.5 Å². The van der Waals surface area contributed by atoms with Gasteiger partial charge in [0.2, 0.25) is 0 Å². The van der Waals surface area contributed by atoms with Crippen LogP contribution in [-0.2, 0) is 30.3 Å². The number of benzene rings is 2. The Morgan fingerprint density at radius 2 is 1.86 bits per heavy atom. The second kappa shape index (κ2) is 15.7. The van der Waals surface area contributed by atoms with Gasteiger partial charge in [-0.3, -0.25) is 4.79 Å². The van der Waals surface area contributed by atoms with Crippen LogP contribution in [0.15, 0.2) is 54.6 Å². The summed E-state index contributed by atoms with van der Waals surface area (Å²) in [5, 5.41) is 19.7. The van der Waals surface area contributed by atoms with E-state index in [1.165, 1.54) is 21.2 Å². The summed E-state index contributed by atoms with van der Waals surface area (Å²) in [6.45, 7) is 8.63. The molecule has 2 aromatic rings. The number of carbonyl (C=O) groups is 3. The third-order valence-corrected chi connectivity index (χ3v) is 6.31. The van der Waals surface area contributed by atoms with Crippen molar-refractivity contribution in [3.8, 4) is 0 Å². The van der Waals surface area contributed by atoms with Gasteiger partial charge in [0.25, 0.3) is 0 Å². The maximum Gasteiger partial charge on any atom is 0.328 e. The Morgan fingerprint density at radius 3 is 2.47 bits per heavy atom. The first-order valence-electron chi connectivity index (χ1n) is 12.5. The van der Waals surface area contributed by atoms with E-state index >= 15 is 0 Å². The van der Waals surface area contributed by atoms with Crippen molar-refractivity contribution in [2.45, 2.75) is 45.6 Å². The zero-order chi connectivity index (χ0) is 26.3. The average Bonchev–Trinajstić information content (AvgIpc) is 3.39. The second-order valence-corrected chi connectivity index (χ2v) is 8.78. The normalized spacial score (nSPS) is 16.0. The summed E-state index contributed by atoms with van der Waals surface area (Å²) >= 11 is 0. The average molecular weight is 500 g/mol. The monoisotopic (exact) mass is 499 g/mol. The first kappa shape index (κ1) is 29.0. The number of carbonyl (C=O) groups excluding carboxylic acids is 2. The molecule has 0 aliphatic carbocycles. The highest BCUT2D eigenvalue weighted by Crippen LogP contribution is 2.27. The van der Waals surface area contributed by atoms with E-state index in [9.17, 15) is 19.5 Å². The van der Waals surface area contributed by atoms with Gasteiger partial charge < -0.3 is 29.4 Å². The fourth-order valence-corrected chi connectivity index (χ4v) is 4.30. The van der Waals surface area contributed by atoms with Crippen LogP contribution in [0.4, 0.5) is 0 Å². The highest BCUT2D eigenvalue weighted by molar-refractivity contribution is 5.88. The molecule has 0 amide bonds. The fourth-order valence-electron chi connectivity index (χ4n) is 4.30. The number of nitrogens with one attached hydrogen (secondary N) is 1. The van der Waals surface area contributed by atoms with E-state index in [-0.39, 0.29) is 18.0 Å². The van der Waals surface area contributed by atoms with Gasteiger partial charge in [-0.05, 0) is 61.9 Å². The predicted octanol–water partition coefficient (Wildman–Crippen LogP) is 1.41. The molecular formula is C28H37NO7. The van der Waals surface area contributed by atoms with Crippen molar-refractivity contribution in [2.24, 2.45) is 5.92 Å². The fraction of sp³-hybridized carbons (Fsp3) is 0.464. The first-order chi connectivity index (χ1) is 17.3. The lowest BCUT2D eigenvalue weighted by molar-refractivity contribution is -0.896. The number of rotatable bonds is 12. The lowest BCUT2D eigenvalue weighted by Crippen LogP contribution is -3.11. The minimum atomic E-state index is -1.51. The molecule has 2 N–H and O–H groups in total. The minimum Gasteiger partial charge on any atom is -0.545 e. The number of hydrogen-bond acceptors (Lipinski definition) is 6. The molecule has 196 valence electrons. The number of carboxylic acid groups (broad SMARTS) is 2. The third-order valence-electron chi connectivity index (χ3n) is 6.31. The van der Waals surface area contributed by atoms with Gasteiger partial charge in [-0.15, -0.1) is 0 Å². The zero-order valence-electron chi connectivity index (χ0n) is 21.1. The molecule has 2 unspecified atom stereocenters. The quantitative estimate of drug-likeness (QED) is 0.335. The van der Waals surface area contributed by atoms with Crippen molar-refractivity contribution in [2.75, 3.05) is 32.8 Å². The molecule has 2 aromatic carbocycles. The Labute approximate surface area is 212 Å². The van der Waals surface area contributed by atoms with Gasteiger partial charge >= 0.3 is 11.9 Å². The van der Waals surface area contributed by atoms with Crippen LogP contribution in [-0.4, -0.2) is 62.0 Å². The molecule has 0 bridgehead atoms. The molecule has 0 spiro atoms. The summed E-state index contributed by atoms with van der Waals surface area (Å²) in [5.41, 5.74) is 1.22. The Kier molecular flexibility index (Phi) is 12.6. The standard InChI is InChI=1S/C24H33NO3.C4H4O4/c1-3-25(4-2)14-16-28-24(26)21(18-22-12-8-15-27-22)17-20-11-7-10-19-9-5-6-13-23(19)20;5-3(6)1-2-4(7)8/h5-7,9-11,13,21-22H,3-4,8,12,14-18H2,1-2H3;1-2H,(H,5,6)(H,7,8). The van der Waals surface area contributed by atoms with Gasteiger partial charge in [0.05, 0.1) is 31.1 Å². The number of hydrogen-bond donors (Lipinski definition) is 2. The number of aliphatic carboxylic acids is 2. The summed E-state index contributed by atoms with van der Waals surface area (Å²) in [7, 11) is 0. The van der Waals surface area contributed by atoms with Crippen LogP contribution in [0.3, 0.4) is 0 Å². The zero-order valence-corrected chi connectivity index (χ0v) is 21.1. The maximum absolute atomic E-state index is 12.9. The van der Waals surface area contributed by atoms with Crippen molar-refractivity contribution in [3.05, 3.63) is 60.2 Å². The SMILES string of the molecule is CC[NH+](CC)CCOC(=O)C(Cc1cccc2ccccc12)CC1CCCO1.O=C([O-])C=CC(=O)O. The minimum absolute atomic E-state index is 0.0741. The molecule has 3 rings (SSSR count). The van der Waals surface area contributed by atoms with Crippen molar-refractivity contribution < 1.29 is 39.0 Å². The molecule has 2 atom stereocenters. The maximum atomic E-state index is 12.9. The van der Waals surface area contributed by atoms with Crippen LogP contribution in [0.1, 0.15) is 38.7 Å². The molecule has 1 aliphatic rings. The molecule has 0 radical (unpaired) electrons. The summed E-state index contributed by atoms with van der Waals surface area (Å²) in [4.78, 5) is 33.4. The highest BCUT2D eigenvalue weighted by atomic mass is 16.5. The molecule has 1 fully saturated rings. The second-order valence-electron chi connectivity index (χ2n) is 8.78. The molecule has 1 aliphatic heterocycles. The smallest absolute Gasteiger partial charge is 0.328 e. The van der Waals surface area contributed by atoms with E-state index < -0.39 is 11.9 Å². The summed E-state index contributed by atoms with van der Waals surface area (Å²) in [5.74, 6) is -3.03. The number of quaternary nitrogens is 1. The van der Waals surface area contributed by atoms with Gasteiger partial charge in [0.1, 0.15) is 13.2 Å². The topological polar surface area (TPSA) is 117 Å². The van der Waals surface area contributed by atoms with Crippen LogP contribution in [0, 0.1) is 5.92 Å². The molecule has 1 heterocycles. The molecule has 0 saturated carbocycles. The van der Waals surface area contributed by atoms with Gasteiger partial charge in [-0.2, -0.15) is 0 Å². The largest absolute Gasteiger partial charge is 0.545 e. The Balaban J connectivity index is 0.000000493. The van der Waals surface area contributed by atoms with Crippen LogP contribution in [0.5, 0.6) is 0 Å². The van der Waals surface area contributed by atoms with Crippen LogP contribution >= 0.6 is 0 Å². The van der Waals surface area contributed by atoms with Crippen molar-refractivity contribution in [1.82, 2.24) is 0 Å². The number of carboxylic acids is 2. The number of likely N-dealkylation sites (N-methyl/N-ethyl adjacent to an activating group) is 1. The van der Waals surface area contributed by atoms with Crippen LogP contribution in [0.2, 0.25) is 0 Å². The molecule has 8 nitrogen and oxygen atoms in total. The van der Waals surface area contributed by atoms with E-state index in [2.05, 4.69) is 56.3 Å². The Hall–Kier alpha value is -3.23. The lowest BCUT2D eigenvalue weighted by atomic mass is 9.90. The summed E-state index contributed by atoms with van der Waals surface area (Å²) < 4.78 is 11.5. The van der Waals surface area contributed by atoms with Gasteiger partial charge in [0.15, 0.2) is 0 Å². The van der Waals surface area contributed by atoms with E-state index in [0.29, 0.717) is 25.2 Å². The van der Waals surface area contributed by atoms with Gasteiger partial charge in [-0.1, -0.05) is 42.5 Å². The first-order valence-corrected chi connectivity index (χ1v) is 12.5. The van der Waals surface area contributed by atoms with Crippen molar-refractivity contribution in [3.63, 3.8) is 0 Å². The summed E-state index contributed by atoms with van der Waals surface area (Å²) in [6.07, 6.45) is 4.71. The molecule has 8 heteroatoms.